The molecule has 2 aliphatic heterocycles. The Balaban J connectivity index is 0.000000133. The third-order valence-electron chi connectivity index (χ3n) is 15.2. The fourth-order valence-electron chi connectivity index (χ4n) is 11.9. The third kappa shape index (κ3) is 7.00. The molecule has 0 fully saturated rings. The van der Waals surface area contributed by atoms with Gasteiger partial charge < -0.3 is 18.6 Å². The molecule has 12 aromatic carbocycles. The van der Waals surface area contributed by atoms with E-state index in [4.69, 9.17) is 9.47 Å². The van der Waals surface area contributed by atoms with E-state index in [9.17, 15) is 0 Å². The van der Waals surface area contributed by atoms with Gasteiger partial charge in [0.25, 0.3) is 0 Å². The summed E-state index contributed by atoms with van der Waals surface area (Å²) in [5.74, 6) is 3.55. The molecule has 4 heteroatoms. The predicted octanol–water partition coefficient (Wildman–Crippen LogP) is 19.8. The topological polar surface area (TPSA) is 28.3 Å². The van der Waals surface area contributed by atoms with Gasteiger partial charge in [-0.3, -0.25) is 0 Å². The number of hydrogen-bond donors (Lipinski definition) is 0. The van der Waals surface area contributed by atoms with E-state index >= 15 is 0 Å². The Morgan fingerprint density at radius 1 is 0.211 bits per heavy atom. The van der Waals surface area contributed by atoms with Gasteiger partial charge in [0.15, 0.2) is 0 Å². The first-order chi connectivity index (χ1) is 37.7. The van der Waals surface area contributed by atoms with E-state index in [0.29, 0.717) is 0 Å². The van der Waals surface area contributed by atoms with Crippen molar-refractivity contribution in [3.8, 4) is 101 Å². The Hall–Kier alpha value is -10.2. The summed E-state index contributed by atoms with van der Waals surface area (Å²) in [6.45, 7) is 0. The normalized spacial score (nSPS) is 11.9. The number of fused-ring (bicyclic) bond motifs is 16. The number of ether oxygens (including phenoxy) is 2. The summed E-state index contributed by atoms with van der Waals surface area (Å²) in [4.78, 5) is 0. The quantitative estimate of drug-likeness (QED) is 0.176. The lowest BCUT2D eigenvalue weighted by molar-refractivity contribution is 0.489. The minimum absolute atomic E-state index is 0.879. The molecular formula is C72H46N2O2. The van der Waals surface area contributed by atoms with Crippen LogP contribution in [0.3, 0.4) is 0 Å². The van der Waals surface area contributed by atoms with Crippen molar-refractivity contribution >= 4 is 43.6 Å². The van der Waals surface area contributed by atoms with Crippen molar-refractivity contribution in [3.05, 3.63) is 279 Å². The molecule has 0 spiro atoms. The Morgan fingerprint density at radius 3 is 1.11 bits per heavy atom. The molecule has 4 heterocycles. The number of benzene rings is 12. The molecule has 2 aromatic heterocycles. The van der Waals surface area contributed by atoms with Crippen LogP contribution in [0.5, 0.6) is 23.0 Å². The molecule has 0 atom stereocenters. The van der Waals surface area contributed by atoms with Gasteiger partial charge in [-0.1, -0.05) is 212 Å². The van der Waals surface area contributed by atoms with Gasteiger partial charge in [-0.2, -0.15) is 0 Å². The van der Waals surface area contributed by atoms with Crippen LogP contribution in [0.15, 0.2) is 279 Å². The molecule has 0 saturated carbocycles. The molecule has 0 N–H and O–H groups in total. The minimum atomic E-state index is 0.879. The zero-order chi connectivity index (χ0) is 50.1. The van der Waals surface area contributed by atoms with Crippen LogP contribution >= 0.6 is 0 Å². The van der Waals surface area contributed by atoms with Crippen LogP contribution in [-0.2, 0) is 0 Å². The summed E-state index contributed by atoms with van der Waals surface area (Å²) >= 11 is 0. The maximum absolute atomic E-state index is 6.74. The molecule has 0 unspecified atom stereocenters. The lowest BCUT2D eigenvalue weighted by atomic mass is 9.92. The van der Waals surface area contributed by atoms with E-state index < -0.39 is 0 Å². The molecule has 0 bridgehead atoms. The number of aromatic nitrogens is 2. The van der Waals surface area contributed by atoms with Crippen molar-refractivity contribution < 1.29 is 9.47 Å². The Morgan fingerprint density at radius 2 is 0.566 bits per heavy atom. The first-order valence-corrected chi connectivity index (χ1v) is 25.9. The summed E-state index contributed by atoms with van der Waals surface area (Å²) in [6, 6.07) is 98.8. The summed E-state index contributed by atoms with van der Waals surface area (Å²) in [6.07, 6.45) is 0. The number of para-hydroxylation sites is 8. The molecular weight excluding hydrogens is 925 g/mol. The maximum atomic E-state index is 6.74. The highest BCUT2D eigenvalue weighted by Gasteiger charge is 2.26. The average molecular weight is 971 g/mol. The van der Waals surface area contributed by atoms with Crippen LogP contribution in [0, 0.1) is 0 Å². The average Bonchev–Trinajstić information content (AvgIpc) is 3.94. The smallest absolute Gasteiger partial charge is 0.143 e. The summed E-state index contributed by atoms with van der Waals surface area (Å²) in [5.41, 5.74) is 20.8. The first-order valence-electron chi connectivity index (χ1n) is 25.9. The maximum Gasteiger partial charge on any atom is 0.143 e. The molecule has 0 saturated heterocycles. The second kappa shape index (κ2) is 17.8. The number of rotatable bonds is 4. The molecule has 76 heavy (non-hydrogen) atoms. The Kier molecular flexibility index (Phi) is 10.2. The highest BCUT2D eigenvalue weighted by molar-refractivity contribution is 6.11. The van der Waals surface area contributed by atoms with Crippen molar-refractivity contribution in [2.45, 2.75) is 0 Å². The monoisotopic (exact) mass is 970 g/mol. The van der Waals surface area contributed by atoms with Crippen molar-refractivity contribution in [1.82, 2.24) is 9.13 Å². The van der Waals surface area contributed by atoms with Gasteiger partial charge in [0.05, 0.1) is 22.1 Å². The molecule has 4 nitrogen and oxygen atoms in total. The Bertz CT molecular complexity index is 4550. The molecule has 0 amide bonds. The predicted molar refractivity (Wildman–Crippen MR) is 314 cm³/mol. The van der Waals surface area contributed by atoms with Gasteiger partial charge in [-0.15, -0.1) is 0 Å². The van der Waals surface area contributed by atoms with Gasteiger partial charge in [0, 0.05) is 66.3 Å². The lowest BCUT2D eigenvalue weighted by Gasteiger charge is -2.16. The van der Waals surface area contributed by atoms with E-state index in [1.54, 1.807) is 0 Å². The van der Waals surface area contributed by atoms with Crippen LogP contribution in [0.4, 0.5) is 0 Å². The molecule has 0 radical (unpaired) electrons. The van der Waals surface area contributed by atoms with Gasteiger partial charge in [-0.05, 0) is 100 Å². The van der Waals surface area contributed by atoms with Crippen molar-refractivity contribution in [2.75, 3.05) is 0 Å². The number of nitrogens with zero attached hydrogens (tertiary/aromatic N) is 2. The lowest BCUT2D eigenvalue weighted by Crippen LogP contribution is -1.95. The zero-order valence-corrected chi connectivity index (χ0v) is 41.3. The van der Waals surface area contributed by atoms with Crippen LogP contribution in [0.1, 0.15) is 0 Å². The third-order valence-corrected chi connectivity index (χ3v) is 15.2. The summed E-state index contributed by atoms with van der Waals surface area (Å²) in [7, 11) is 0. The van der Waals surface area contributed by atoms with Crippen molar-refractivity contribution in [2.24, 2.45) is 0 Å². The van der Waals surface area contributed by atoms with Crippen LogP contribution in [-0.4, -0.2) is 9.13 Å². The van der Waals surface area contributed by atoms with E-state index in [1.165, 1.54) is 65.9 Å². The SMILES string of the molecule is c1cc(-c2cccc3c2Oc2ccccc2-c2ccccc2-3)cc(-n2c3ccccc3c3ccccc32)c1.c1ccc(-n2c3ccccc3c3cc(-c4cccc5c4Oc4ccccc4-c4ccccc4-5)ccc32)cc1. The first kappa shape index (κ1) is 43.4. The highest BCUT2D eigenvalue weighted by Crippen LogP contribution is 2.52. The van der Waals surface area contributed by atoms with E-state index in [0.717, 1.165) is 78.9 Å². The highest BCUT2D eigenvalue weighted by atomic mass is 16.5. The largest absolute Gasteiger partial charge is 0.455 e. The van der Waals surface area contributed by atoms with Crippen LogP contribution < -0.4 is 9.47 Å². The fraction of sp³-hybridized carbons (Fsp3) is 0. The van der Waals surface area contributed by atoms with E-state index in [1.807, 2.05) is 12.1 Å². The molecule has 14 aromatic rings. The molecule has 0 aliphatic carbocycles. The molecule has 2 aliphatic rings. The van der Waals surface area contributed by atoms with Gasteiger partial charge in [0.2, 0.25) is 0 Å². The van der Waals surface area contributed by atoms with Gasteiger partial charge >= 0.3 is 0 Å². The minimum Gasteiger partial charge on any atom is -0.455 e. The van der Waals surface area contributed by atoms with E-state index in [2.05, 4.69) is 276 Å². The second-order valence-electron chi connectivity index (χ2n) is 19.5. The summed E-state index contributed by atoms with van der Waals surface area (Å²) in [5, 5.41) is 5.00. The van der Waals surface area contributed by atoms with Crippen LogP contribution in [0.2, 0.25) is 0 Å². The fourth-order valence-corrected chi connectivity index (χ4v) is 11.9. The van der Waals surface area contributed by atoms with Crippen LogP contribution in [0.25, 0.3) is 122 Å². The zero-order valence-electron chi connectivity index (χ0n) is 41.3. The van der Waals surface area contributed by atoms with E-state index in [-0.39, 0.29) is 0 Å². The van der Waals surface area contributed by atoms with Gasteiger partial charge in [0.1, 0.15) is 23.0 Å². The van der Waals surface area contributed by atoms with Crippen molar-refractivity contribution in [3.63, 3.8) is 0 Å². The summed E-state index contributed by atoms with van der Waals surface area (Å²) < 4.78 is 18.2. The molecule has 356 valence electrons. The Labute approximate surface area is 440 Å². The van der Waals surface area contributed by atoms with Gasteiger partial charge in [-0.25, -0.2) is 0 Å². The second-order valence-corrected chi connectivity index (χ2v) is 19.5. The standard InChI is InChI=1S/2C36H23NO/c1-2-14-28-27(13-1)31-17-5-8-22-35(31)38-36-26(18-10-19-32(28)36)24-11-9-12-25(23-24)37-33-20-6-3-15-29(33)30-16-4-7-21-34(30)37;1-2-11-25(12-3-1)37-33-19-8-6-15-29(33)32-23-24(21-22-34(32)37)26-17-10-18-31-28-14-5-4-13-27(28)30-16-7-9-20-35(30)38-36(26)31/h2*1-23H. The number of hydrogen-bond acceptors (Lipinski definition) is 2. The van der Waals surface area contributed by atoms with Crippen molar-refractivity contribution in [1.29, 1.82) is 0 Å². The molecule has 16 rings (SSSR count).